The highest BCUT2D eigenvalue weighted by Crippen LogP contribution is 2.31. The Bertz CT molecular complexity index is 966. The largest absolute Gasteiger partial charge is 0.325 e. The first-order valence-corrected chi connectivity index (χ1v) is 11.1. The third kappa shape index (κ3) is 4.81. The van der Waals surface area contributed by atoms with Gasteiger partial charge in [0.1, 0.15) is 0 Å². The second-order valence-electron chi connectivity index (χ2n) is 8.79. The molecule has 6 heteroatoms. The van der Waals surface area contributed by atoms with Crippen LogP contribution in [0.4, 0.5) is 11.4 Å². The predicted molar refractivity (Wildman–Crippen MR) is 125 cm³/mol. The summed E-state index contributed by atoms with van der Waals surface area (Å²) in [4.78, 5) is 31.8. The number of para-hydroxylation sites is 1. The minimum absolute atomic E-state index is 0.0146. The van der Waals surface area contributed by atoms with Crippen LogP contribution in [0.5, 0.6) is 0 Å². The lowest BCUT2D eigenvalue weighted by atomic mass is 10.1. The Morgan fingerprint density at radius 3 is 2.35 bits per heavy atom. The Balaban J connectivity index is 1.26. The number of piperazine rings is 1. The van der Waals surface area contributed by atoms with Gasteiger partial charge in [0.2, 0.25) is 11.8 Å². The molecule has 2 aliphatic heterocycles. The highest BCUT2D eigenvalue weighted by atomic mass is 16.2. The van der Waals surface area contributed by atoms with E-state index in [0.717, 1.165) is 49.5 Å². The summed E-state index contributed by atoms with van der Waals surface area (Å²) in [5.41, 5.74) is 5.47. The smallest absolute Gasteiger partial charge is 0.241 e. The molecule has 4 rings (SSSR count). The van der Waals surface area contributed by atoms with Gasteiger partial charge in [-0.05, 0) is 56.0 Å². The quantitative estimate of drug-likeness (QED) is 0.808. The fourth-order valence-electron chi connectivity index (χ4n) is 4.60. The van der Waals surface area contributed by atoms with E-state index in [-0.39, 0.29) is 17.9 Å². The van der Waals surface area contributed by atoms with E-state index in [1.807, 2.05) is 55.1 Å². The second-order valence-corrected chi connectivity index (χ2v) is 8.79. The van der Waals surface area contributed by atoms with Crippen molar-refractivity contribution in [2.75, 3.05) is 49.5 Å². The van der Waals surface area contributed by atoms with Crippen molar-refractivity contribution in [3.05, 3.63) is 59.2 Å². The maximum atomic E-state index is 13.0. The number of rotatable bonds is 5. The van der Waals surface area contributed by atoms with Gasteiger partial charge in [-0.25, -0.2) is 0 Å². The average molecular weight is 421 g/mol. The monoisotopic (exact) mass is 420 g/mol. The fourth-order valence-corrected chi connectivity index (χ4v) is 4.60. The zero-order valence-corrected chi connectivity index (χ0v) is 18.7. The molecule has 2 heterocycles. The molecule has 1 atom stereocenters. The molecule has 0 spiro atoms. The molecule has 2 amide bonds. The molecule has 0 radical (unpaired) electrons. The molecule has 2 aliphatic rings. The number of amides is 2. The van der Waals surface area contributed by atoms with Crippen LogP contribution in [0.15, 0.2) is 42.5 Å². The maximum Gasteiger partial charge on any atom is 0.241 e. The van der Waals surface area contributed by atoms with E-state index in [2.05, 4.69) is 28.1 Å². The summed E-state index contributed by atoms with van der Waals surface area (Å²) in [6.45, 7) is 10.2. The molecule has 2 aromatic carbocycles. The minimum Gasteiger partial charge on any atom is -0.325 e. The molecule has 1 N–H and O–H groups in total. The number of carbonyl (C=O) groups excluding carboxylic acids is 2. The number of carbonyl (C=O) groups is 2. The van der Waals surface area contributed by atoms with Gasteiger partial charge in [-0.15, -0.1) is 0 Å². The minimum atomic E-state index is 0.0146. The Hall–Kier alpha value is -2.70. The van der Waals surface area contributed by atoms with Crippen molar-refractivity contribution in [1.82, 2.24) is 9.80 Å². The van der Waals surface area contributed by atoms with Crippen molar-refractivity contribution in [2.24, 2.45) is 0 Å². The van der Waals surface area contributed by atoms with Gasteiger partial charge < -0.3 is 10.2 Å². The summed E-state index contributed by atoms with van der Waals surface area (Å²) in [7, 11) is 0. The number of hydrogen-bond donors (Lipinski definition) is 1. The lowest BCUT2D eigenvalue weighted by Crippen LogP contribution is -2.52. The van der Waals surface area contributed by atoms with E-state index in [1.165, 1.54) is 11.1 Å². The first-order chi connectivity index (χ1) is 14.9. The molecule has 1 saturated heterocycles. The number of hydrogen-bond acceptors (Lipinski definition) is 4. The van der Waals surface area contributed by atoms with Gasteiger partial charge in [0.15, 0.2) is 0 Å². The molecule has 0 bridgehead atoms. The Labute approximate surface area is 184 Å². The van der Waals surface area contributed by atoms with Crippen molar-refractivity contribution in [3.8, 4) is 0 Å². The lowest BCUT2D eigenvalue weighted by molar-refractivity contribution is -0.121. The third-order valence-corrected chi connectivity index (χ3v) is 6.55. The van der Waals surface area contributed by atoms with E-state index < -0.39 is 0 Å². The van der Waals surface area contributed by atoms with Gasteiger partial charge in [0, 0.05) is 43.6 Å². The lowest BCUT2D eigenvalue weighted by Gasteiger charge is -2.35. The van der Waals surface area contributed by atoms with Gasteiger partial charge in [-0.3, -0.25) is 19.4 Å². The van der Waals surface area contributed by atoms with Gasteiger partial charge in [0.05, 0.1) is 13.1 Å². The Morgan fingerprint density at radius 2 is 1.61 bits per heavy atom. The number of aryl methyl sites for hydroxylation is 1. The van der Waals surface area contributed by atoms with Gasteiger partial charge in [-0.2, -0.15) is 0 Å². The molecule has 0 aromatic heterocycles. The van der Waals surface area contributed by atoms with E-state index in [1.54, 1.807) is 0 Å². The number of anilines is 2. The number of benzene rings is 2. The number of fused-ring (bicyclic) bond motifs is 1. The van der Waals surface area contributed by atoms with Crippen molar-refractivity contribution < 1.29 is 9.59 Å². The van der Waals surface area contributed by atoms with Gasteiger partial charge in [-0.1, -0.05) is 30.3 Å². The fraction of sp³-hybridized carbons (Fsp3) is 0.440. The van der Waals surface area contributed by atoms with E-state index >= 15 is 0 Å². The SMILES string of the molecule is Cc1cccc(NC(=O)CN2CCN(CC(=O)N3c4ccccc4C[C@@H]3C)CC2)c1C. The van der Waals surface area contributed by atoms with Crippen LogP contribution in [0.2, 0.25) is 0 Å². The standard InChI is InChI=1S/C25H32N4O2/c1-18-7-6-9-22(20(18)3)26-24(30)16-27-11-13-28(14-12-27)17-25(31)29-19(2)15-21-8-4-5-10-23(21)29/h4-10,19H,11-17H2,1-3H3,(H,26,30)/t19-/m0/s1. The highest BCUT2D eigenvalue weighted by Gasteiger charge is 2.32. The van der Waals surface area contributed by atoms with Crippen molar-refractivity contribution in [1.29, 1.82) is 0 Å². The predicted octanol–water partition coefficient (Wildman–Crippen LogP) is 2.84. The molecule has 31 heavy (non-hydrogen) atoms. The summed E-state index contributed by atoms with van der Waals surface area (Å²) >= 11 is 0. The molecule has 0 unspecified atom stereocenters. The number of nitrogens with one attached hydrogen (secondary N) is 1. The molecule has 1 fully saturated rings. The van der Waals surface area contributed by atoms with Crippen molar-refractivity contribution in [2.45, 2.75) is 33.2 Å². The first-order valence-electron chi connectivity index (χ1n) is 11.1. The molecule has 0 saturated carbocycles. The van der Waals surface area contributed by atoms with Crippen LogP contribution >= 0.6 is 0 Å². The van der Waals surface area contributed by atoms with Crippen LogP contribution in [0.3, 0.4) is 0 Å². The summed E-state index contributed by atoms with van der Waals surface area (Å²) in [5, 5.41) is 3.04. The zero-order chi connectivity index (χ0) is 22.0. The summed E-state index contributed by atoms with van der Waals surface area (Å²) < 4.78 is 0. The van der Waals surface area contributed by atoms with Gasteiger partial charge in [0.25, 0.3) is 0 Å². The highest BCUT2D eigenvalue weighted by molar-refractivity contribution is 5.97. The summed E-state index contributed by atoms with van der Waals surface area (Å²) in [5.74, 6) is 0.180. The molecule has 0 aliphatic carbocycles. The van der Waals surface area contributed by atoms with Crippen LogP contribution in [0.25, 0.3) is 0 Å². The van der Waals surface area contributed by atoms with Gasteiger partial charge >= 0.3 is 0 Å². The normalized spacial score (nSPS) is 19.3. The summed E-state index contributed by atoms with van der Waals surface area (Å²) in [6, 6.07) is 14.4. The van der Waals surface area contributed by atoms with Crippen molar-refractivity contribution >= 4 is 23.2 Å². The molecule has 2 aromatic rings. The third-order valence-electron chi connectivity index (χ3n) is 6.55. The van der Waals surface area contributed by atoms with E-state index in [4.69, 9.17) is 0 Å². The first kappa shape index (κ1) is 21.5. The topological polar surface area (TPSA) is 55.9 Å². The van der Waals surface area contributed by atoms with Crippen LogP contribution < -0.4 is 10.2 Å². The Morgan fingerprint density at radius 1 is 0.935 bits per heavy atom. The molecule has 164 valence electrons. The Kier molecular flexibility index (Phi) is 6.39. The molecular weight excluding hydrogens is 388 g/mol. The second kappa shape index (κ2) is 9.20. The maximum absolute atomic E-state index is 13.0. The van der Waals surface area contributed by atoms with E-state index in [0.29, 0.717) is 13.1 Å². The molecular formula is C25H32N4O2. The summed E-state index contributed by atoms with van der Waals surface area (Å²) in [6.07, 6.45) is 0.922. The zero-order valence-electron chi connectivity index (χ0n) is 18.7. The van der Waals surface area contributed by atoms with Crippen molar-refractivity contribution in [3.63, 3.8) is 0 Å². The number of nitrogens with zero attached hydrogens (tertiary/aromatic N) is 3. The van der Waals surface area contributed by atoms with Crippen LogP contribution in [0.1, 0.15) is 23.6 Å². The van der Waals surface area contributed by atoms with Crippen LogP contribution in [-0.2, 0) is 16.0 Å². The average Bonchev–Trinajstić information content (AvgIpc) is 3.08. The molecule has 6 nitrogen and oxygen atoms in total. The van der Waals surface area contributed by atoms with Crippen LogP contribution in [0, 0.1) is 13.8 Å². The van der Waals surface area contributed by atoms with Crippen LogP contribution in [-0.4, -0.2) is 66.9 Å². The van der Waals surface area contributed by atoms with E-state index in [9.17, 15) is 9.59 Å².